The van der Waals surface area contributed by atoms with Gasteiger partial charge in [0.05, 0.1) is 16.4 Å². The van der Waals surface area contributed by atoms with Gasteiger partial charge in [-0.2, -0.15) is 5.10 Å². The van der Waals surface area contributed by atoms with E-state index < -0.39 is 0 Å². The van der Waals surface area contributed by atoms with Crippen molar-refractivity contribution in [3.63, 3.8) is 0 Å². The number of anilines is 2. The summed E-state index contributed by atoms with van der Waals surface area (Å²) in [6.45, 7) is 3.38. The molecule has 130 valence electrons. The van der Waals surface area contributed by atoms with Gasteiger partial charge in [-0.05, 0) is 54.9 Å². The predicted octanol–water partition coefficient (Wildman–Crippen LogP) is 4.03. The van der Waals surface area contributed by atoms with Crippen LogP contribution in [0.15, 0.2) is 48.9 Å². The fourth-order valence-corrected chi connectivity index (χ4v) is 4.03. The Morgan fingerprint density at radius 2 is 2.12 bits per heavy atom. The van der Waals surface area contributed by atoms with Crippen LogP contribution in [0.1, 0.15) is 12.0 Å². The highest BCUT2D eigenvalue weighted by Crippen LogP contribution is 2.31. The van der Waals surface area contributed by atoms with Crippen LogP contribution in [0.3, 0.4) is 0 Å². The smallest absolute Gasteiger partial charge is 0.189 e. The molecule has 1 aromatic carbocycles. The van der Waals surface area contributed by atoms with Crippen LogP contribution in [-0.4, -0.2) is 38.2 Å². The van der Waals surface area contributed by atoms with E-state index in [1.807, 2.05) is 24.7 Å². The summed E-state index contributed by atoms with van der Waals surface area (Å²) in [6.07, 6.45) is 6.90. The van der Waals surface area contributed by atoms with E-state index in [1.54, 1.807) is 11.3 Å². The Labute approximate surface area is 154 Å². The third-order valence-corrected chi connectivity index (χ3v) is 5.57. The van der Waals surface area contributed by atoms with E-state index in [1.165, 1.54) is 25.1 Å². The Balaban J connectivity index is 1.38. The van der Waals surface area contributed by atoms with E-state index in [9.17, 15) is 0 Å². The lowest BCUT2D eigenvalue weighted by molar-refractivity contribution is 0.172. The van der Waals surface area contributed by atoms with Crippen LogP contribution in [0.25, 0.3) is 21.3 Å². The summed E-state index contributed by atoms with van der Waals surface area (Å²) >= 11 is 1.64. The third kappa shape index (κ3) is 3.07. The van der Waals surface area contributed by atoms with Crippen LogP contribution in [0.5, 0.6) is 0 Å². The van der Waals surface area contributed by atoms with E-state index in [4.69, 9.17) is 0 Å². The summed E-state index contributed by atoms with van der Waals surface area (Å²) in [7, 11) is 0. The van der Waals surface area contributed by atoms with Gasteiger partial charge in [-0.15, -0.1) is 0 Å². The number of aromatic nitrogens is 4. The van der Waals surface area contributed by atoms with E-state index in [-0.39, 0.29) is 0 Å². The first-order valence-electron chi connectivity index (χ1n) is 8.67. The van der Waals surface area contributed by atoms with E-state index in [0.29, 0.717) is 0 Å². The summed E-state index contributed by atoms with van der Waals surface area (Å²) in [5, 5.41) is 11.1. The number of rotatable bonds is 5. The van der Waals surface area contributed by atoms with Crippen LogP contribution >= 0.6 is 11.3 Å². The SMILES string of the molecule is c1cc(CN2CCC2)cc(Nc2nc3ccc(-c4cn[nH]c4)cc3s2)n1. The zero-order valence-corrected chi connectivity index (χ0v) is 15.0. The van der Waals surface area contributed by atoms with Crippen molar-refractivity contribution in [2.75, 3.05) is 18.4 Å². The fourth-order valence-electron chi connectivity index (χ4n) is 3.11. The Kier molecular flexibility index (Phi) is 3.88. The van der Waals surface area contributed by atoms with Gasteiger partial charge in [0.1, 0.15) is 5.82 Å². The number of likely N-dealkylation sites (tertiary alicyclic amines) is 1. The van der Waals surface area contributed by atoms with Gasteiger partial charge in [0.15, 0.2) is 5.13 Å². The number of H-pyrrole nitrogens is 1. The van der Waals surface area contributed by atoms with Gasteiger partial charge in [-0.25, -0.2) is 9.97 Å². The molecule has 1 fully saturated rings. The molecule has 1 saturated heterocycles. The number of hydrogen-bond acceptors (Lipinski definition) is 6. The highest BCUT2D eigenvalue weighted by molar-refractivity contribution is 7.22. The van der Waals surface area contributed by atoms with Gasteiger partial charge in [0, 0.05) is 24.5 Å². The molecule has 4 heterocycles. The maximum atomic E-state index is 4.68. The summed E-state index contributed by atoms with van der Waals surface area (Å²) < 4.78 is 1.14. The molecule has 0 unspecified atom stereocenters. The third-order valence-electron chi connectivity index (χ3n) is 4.63. The number of pyridine rings is 1. The molecule has 1 aliphatic rings. The zero-order valence-electron chi connectivity index (χ0n) is 14.1. The number of benzene rings is 1. The lowest BCUT2D eigenvalue weighted by atomic mass is 10.1. The Morgan fingerprint density at radius 3 is 2.92 bits per heavy atom. The lowest BCUT2D eigenvalue weighted by Gasteiger charge is -2.30. The molecule has 0 amide bonds. The van der Waals surface area contributed by atoms with Gasteiger partial charge in [0.25, 0.3) is 0 Å². The Hall–Kier alpha value is -2.77. The van der Waals surface area contributed by atoms with Gasteiger partial charge in [-0.3, -0.25) is 10.00 Å². The van der Waals surface area contributed by atoms with Gasteiger partial charge in [0.2, 0.25) is 0 Å². The molecule has 7 heteroatoms. The van der Waals surface area contributed by atoms with Crippen molar-refractivity contribution in [1.29, 1.82) is 0 Å². The van der Waals surface area contributed by atoms with Crippen LogP contribution < -0.4 is 5.32 Å². The molecule has 0 atom stereocenters. The minimum atomic E-state index is 0.845. The van der Waals surface area contributed by atoms with E-state index in [2.05, 4.69) is 54.6 Å². The molecule has 0 spiro atoms. The molecule has 0 aliphatic carbocycles. The molecular weight excluding hydrogens is 344 g/mol. The first-order valence-corrected chi connectivity index (χ1v) is 9.49. The molecule has 3 aromatic heterocycles. The van der Waals surface area contributed by atoms with Gasteiger partial charge in [-0.1, -0.05) is 17.4 Å². The highest BCUT2D eigenvalue weighted by atomic mass is 32.1. The van der Waals surface area contributed by atoms with Crippen molar-refractivity contribution in [2.24, 2.45) is 0 Å². The van der Waals surface area contributed by atoms with Crippen molar-refractivity contribution in [1.82, 2.24) is 25.1 Å². The number of thiazole rings is 1. The zero-order chi connectivity index (χ0) is 17.3. The van der Waals surface area contributed by atoms with Crippen molar-refractivity contribution in [2.45, 2.75) is 13.0 Å². The molecule has 6 nitrogen and oxygen atoms in total. The monoisotopic (exact) mass is 362 g/mol. The summed E-state index contributed by atoms with van der Waals surface area (Å²) in [4.78, 5) is 11.6. The first kappa shape index (κ1) is 15.5. The first-order chi connectivity index (χ1) is 12.8. The Morgan fingerprint density at radius 1 is 1.15 bits per heavy atom. The van der Waals surface area contributed by atoms with Crippen molar-refractivity contribution in [3.8, 4) is 11.1 Å². The summed E-state index contributed by atoms with van der Waals surface area (Å²) in [5.41, 5.74) is 4.48. The van der Waals surface area contributed by atoms with Gasteiger partial charge < -0.3 is 5.32 Å². The number of aromatic amines is 1. The minimum absolute atomic E-state index is 0.845. The van der Waals surface area contributed by atoms with Crippen molar-refractivity contribution in [3.05, 3.63) is 54.5 Å². The second kappa shape index (κ2) is 6.51. The lowest BCUT2D eigenvalue weighted by Crippen LogP contribution is -2.36. The normalized spacial score (nSPS) is 14.5. The summed E-state index contributed by atoms with van der Waals surface area (Å²) in [5.74, 6) is 0.845. The number of hydrogen-bond donors (Lipinski definition) is 2. The maximum Gasteiger partial charge on any atom is 0.189 e. The quantitative estimate of drug-likeness (QED) is 0.561. The van der Waals surface area contributed by atoms with Crippen LogP contribution in [-0.2, 0) is 6.54 Å². The second-order valence-corrected chi connectivity index (χ2v) is 7.52. The summed E-state index contributed by atoms with van der Waals surface area (Å²) in [6, 6.07) is 10.5. The topological polar surface area (TPSA) is 69.7 Å². The van der Waals surface area contributed by atoms with Crippen molar-refractivity contribution < 1.29 is 0 Å². The molecular formula is C19H18N6S. The van der Waals surface area contributed by atoms with Crippen LogP contribution in [0.2, 0.25) is 0 Å². The maximum absolute atomic E-state index is 4.68. The molecule has 0 bridgehead atoms. The molecule has 4 aromatic rings. The minimum Gasteiger partial charge on any atom is -0.316 e. The van der Waals surface area contributed by atoms with Gasteiger partial charge >= 0.3 is 0 Å². The van der Waals surface area contributed by atoms with Crippen LogP contribution in [0, 0.1) is 0 Å². The predicted molar refractivity (Wildman–Crippen MR) is 105 cm³/mol. The molecule has 2 N–H and O–H groups in total. The molecule has 0 saturated carbocycles. The molecule has 0 radical (unpaired) electrons. The number of nitrogens with one attached hydrogen (secondary N) is 2. The Bertz CT molecular complexity index is 1040. The fraction of sp³-hybridized carbons (Fsp3) is 0.211. The number of fused-ring (bicyclic) bond motifs is 1. The molecule has 1 aliphatic heterocycles. The standard InChI is InChI=1S/C19H18N6S/c1-6-25(7-1)12-13-4-5-20-18(8-13)24-19-23-16-3-2-14(9-17(16)26-19)15-10-21-22-11-15/h2-5,8-11H,1,6-7,12H2,(H,21,22)(H,20,23,24). The molecule has 26 heavy (non-hydrogen) atoms. The van der Waals surface area contributed by atoms with Crippen LogP contribution in [0.4, 0.5) is 10.9 Å². The van der Waals surface area contributed by atoms with E-state index >= 15 is 0 Å². The number of nitrogens with zero attached hydrogens (tertiary/aromatic N) is 4. The van der Waals surface area contributed by atoms with Crippen molar-refractivity contribution >= 4 is 32.5 Å². The highest BCUT2D eigenvalue weighted by Gasteiger charge is 2.14. The average molecular weight is 362 g/mol. The average Bonchev–Trinajstić information content (AvgIpc) is 3.27. The second-order valence-electron chi connectivity index (χ2n) is 6.49. The van der Waals surface area contributed by atoms with E-state index in [0.717, 1.165) is 38.8 Å². The largest absolute Gasteiger partial charge is 0.316 e. The molecule has 5 rings (SSSR count).